The molecule has 0 bridgehead atoms. The molecule has 0 N–H and O–H groups in total. The molecule has 0 spiro atoms. The molecule has 0 saturated carbocycles. The largest absolute Gasteiger partial charge is 0.364 e. The van der Waals surface area contributed by atoms with E-state index in [1.165, 1.54) is 0 Å². The van der Waals surface area contributed by atoms with Gasteiger partial charge in [-0.3, -0.25) is 4.68 Å². The number of hydrogen-bond acceptors (Lipinski definition) is 3. The Morgan fingerprint density at radius 3 is 2.48 bits per heavy atom. The summed E-state index contributed by atoms with van der Waals surface area (Å²) in [7, 11) is 6.12. The maximum atomic E-state index is 6.30. The van der Waals surface area contributed by atoms with Gasteiger partial charge in [-0.1, -0.05) is 30.3 Å². The molecule has 21 heavy (non-hydrogen) atoms. The van der Waals surface area contributed by atoms with E-state index in [4.69, 9.17) is 4.74 Å². The highest BCUT2D eigenvalue weighted by molar-refractivity contribution is 5.31. The fourth-order valence-electron chi connectivity index (χ4n) is 2.56. The minimum atomic E-state index is -0.473. The number of hydrogen-bond donors (Lipinski definition) is 0. The van der Waals surface area contributed by atoms with Crippen LogP contribution in [0.1, 0.15) is 24.6 Å². The number of nitrogens with zero attached hydrogens (tertiary/aromatic N) is 3. The average Bonchev–Trinajstić information content (AvgIpc) is 2.91. The molecule has 0 aliphatic rings. The summed E-state index contributed by atoms with van der Waals surface area (Å²) in [6, 6.07) is 12.4. The molecule has 2 rings (SSSR count). The van der Waals surface area contributed by atoms with Gasteiger partial charge in [0.25, 0.3) is 0 Å². The Kier molecular flexibility index (Phi) is 5.15. The van der Waals surface area contributed by atoms with E-state index >= 15 is 0 Å². The SMILES string of the molecule is CN(C)CCCOC(C)(c1ccccc1)c1ccnn1C. The first-order valence-corrected chi connectivity index (χ1v) is 7.37. The number of ether oxygens (including phenoxy) is 1. The highest BCUT2D eigenvalue weighted by Crippen LogP contribution is 2.32. The predicted octanol–water partition coefficient (Wildman–Crippen LogP) is 2.65. The lowest BCUT2D eigenvalue weighted by molar-refractivity contribution is -0.0127. The zero-order chi connectivity index (χ0) is 15.3. The highest BCUT2D eigenvalue weighted by Gasteiger charge is 2.32. The Hall–Kier alpha value is -1.65. The van der Waals surface area contributed by atoms with Crippen molar-refractivity contribution in [3.63, 3.8) is 0 Å². The number of aromatic nitrogens is 2. The monoisotopic (exact) mass is 287 g/mol. The lowest BCUT2D eigenvalue weighted by atomic mass is 9.92. The maximum absolute atomic E-state index is 6.30. The third-order valence-electron chi connectivity index (χ3n) is 3.77. The summed E-state index contributed by atoms with van der Waals surface area (Å²) in [6.07, 6.45) is 2.83. The molecule has 1 atom stereocenters. The van der Waals surface area contributed by atoms with Crippen LogP contribution < -0.4 is 0 Å². The first-order chi connectivity index (χ1) is 10.0. The van der Waals surface area contributed by atoms with Gasteiger partial charge in [0.2, 0.25) is 0 Å². The van der Waals surface area contributed by atoms with Gasteiger partial charge < -0.3 is 9.64 Å². The quantitative estimate of drug-likeness (QED) is 0.733. The molecule has 0 amide bonds. The van der Waals surface area contributed by atoms with Gasteiger partial charge in [0.1, 0.15) is 5.60 Å². The third-order valence-corrected chi connectivity index (χ3v) is 3.77. The molecule has 4 heteroatoms. The van der Waals surface area contributed by atoms with Crippen LogP contribution in [0, 0.1) is 0 Å². The van der Waals surface area contributed by atoms with Gasteiger partial charge in [-0.05, 0) is 45.6 Å². The van der Waals surface area contributed by atoms with Crippen LogP contribution in [-0.4, -0.2) is 41.9 Å². The maximum Gasteiger partial charge on any atom is 0.132 e. The summed E-state index contributed by atoms with van der Waals surface area (Å²) in [6.45, 7) is 3.86. The fraction of sp³-hybridized carbons (Fsp3) is 0.471. The minimum Gasteiger partial charge on any atom is -0.364 e. The summed E-state index contributed by atoms with van der Waals surface area (Å²) < 4.78 is 8.19. The van der Waals surface area contributed by atoms with Gasteiger partial charge in [-0.25, -0.2) is 0 Å². The van der Waals surface area contributed by atoms with Crippen molar-refractivity contribution in [2.24, 2.45) is 7.05 Å². The van der Waals surface area contributed by atoms with E-state index in [0.29, 0.717) is 0 Å². The van der Waals surface area contributed by atoms with Crippen molar-refractivity contribution < 1.29 is 4.74 Å². The summed E-state index contributed by atoms with van der Waals surface area (Å²) in [5, 5.41) is 4.29. The summed E-state index contributed by atoms with van der Waals surface area (Å²) >= 11 is 0. The van der Waals surface area contributed by atoms with Crippen LogP contribution in [0.5, 0.6) is 0 Å². The van der Waals surface area contributed by atoms with Crippen molar-refractivity contribution in [1.82, 2.24) is 14.7 Å². The van der Waals surface area contributed by atoms with Crippen LogP contribution in [0.4, 0.5) is 0 Å². The van der Waals surface area contributed by atoms with Gasteiger partial charge in [-0.2, -0.15) is 5.10 Å². The smallest absolute Gasteiger partial charge is 0.132 e. The van der Waals surface area contributed by atoms with Crippen molar-refractivity contribution in [3.05, 3.63) is 53.9 Å². The normalized spacial score (nSPS) is 14.3. The van der Waals surface area contributed by atoms with Crippen molar-refractivity contribution in [1.29, 1.82) is 0 Å². The third kappa shape index (κ3) is 3.71. The molecule has 2 aromatic rings. The van der Waals surface area contributed by atoms with Crippen LogP contribution in [0.15, 0.2) is 42.6 Å². The van der Waals surface area contributed by atoms with Crippen LogP contribution in [0.25, 0.3) is 0 Å². The second-order valence-electron chi connectivity index (χ2n) is 5.74. The first-order valence-electron chi connectivity index (χ1n) is 7.37. The van der Waals surface area contributed by atoms with Gasteiger partial charge in [0.05, 0.1) is 5.69 Å². The van der Waals surface area contributed by atoms with Gasteiger partial charge >= 0.3 is 0 Å². The van der Waals surface area contributed by atoms with Gasteiger partial charge in [-0.15, -0.1) is 0 Å². The van der Waals surface area contributed by atoms with Crippen LogP contribution >= 0.6 is 0 Å². The molecule has 1 aromatic carbocycles. The van der Waals surface area contributed by atoms with E-state index in [-0.39, 0.29) is 0 Å². The van der Waals surface area contributed by atoms with E-state index in [2.05, 4.69) is 43.2 Å². The second kappa shape index (κ2) is 6.87. The van der Waals surface area contributed by atoms with Crippen molar-refractivity contribution in [3.8, 4) is 0 Å². The molecule has 1 heterocycles. The molecular weight excluding hydrogens is 262 g/mol. The average molecular weight is 287 g/mol. The van der Waals surface area contributed by atoms with E-state index in [0.717, 1.165) is 30.8 Å². The molecule has 0 aliphatic heterocycles. The zero-order valence-electron chi connectivity index (χ0n) is 13.4. The Balaban J connectivity index is 2.21. The summed E-state index contributed by atoms with van der Waals surface area (Å²) in [5.41, 5.74) is 1.75. The predicted molar refractivity (Wildman–Crippen MR) is 85.2 cm³/mol. The summed E-state index contributed by atoms with van der Waals surface area (Å²) in [4.78, 5) is 2.17. The van der Waals surface area contributed by atoms with Crippen LogP contribution in [0.2, 0.25) is 0 Å². The van der Waals surface area contributed by atoms with Crippen molar-refractivity contribution >= 4 is 0 Å². The lowest BCUT2D eigenvalue weighted by Crippen LogP contribution is -2.31. The number of benzene rings is 1. The second-order valence-corrected chi connectivity index (χ2v) is 5.74. The molecule has 0 aliphatic carbocycles. The molecule has 0 saturated heterocycles. The number of rotatable bonds is 7. The van der Waals surface area contributed by atoms with E-state index in [1.54, 1.807) is 0 Å². The van der Waals surface area contributed by atoms with Gasteiger partial charge in [0, 0.05) is 19.9 Å². The van der Waals surface area contributed by atoms with E-state index in [9.17, 15) is 0 Å². The van der Waals surface area contributed by atoms with Crippen LogP contribution in [-0.2, 0) is 17.4 Å². The molecule has 1 unspecified atom stereocenters. The van der Waals surface area contributed by atoms with Crippen molar-refractivity contribution in [2.45, 2.75) is 18.9 Å². The van der Waals surface area contributed by atoms with E-state index < -0.39 is 5.60 Å². The molecule has 4 nitrogen and oxygen atoms in total. The molecule has 1 aromatic heterocycles. The Labute approximate surface area is 127 Å². The molecule has 0 fully saturated rings. The zero-order valence-corrected chi connectivity index (χ0v) is 13.4. The first kappa shape index (κ1) is 15.7. The standard InChI is InChI=1S/C17H25N3O/c1-17(15-9-6-5-7-10-15,16-11-12-18-20(16)4)21-14-8-13-19(2)3/h5-7,9-12H,8,13-14H2,1-4H3. The fourth-order valence-corrected chi connectivity index (χ4v) is 2.56. The lowest BCUT2D eigenvalue weighted by Gasteiger charge is -2.31. The molecule has 114 valence electrons. The topological polar surface area (TPSA) is 30.3 Å². The van der Waals surface area contributed by atoms with Crippen molar-refractivity contribution in [2.75, 3.05) is 27.2 Å². The van der Waals surface area contributed by atoms with Gasteiger partial charge in [0.15, 0.2) is 0 Å². The van der Waals surface area contributed by atoms with Crippen LogP contribution in [0.3, 0.4) is 0 Å². The number of aryl methyl sites for hydroxylation is 1. The molecule has 0 radical (unpaired) electrons. The Morgan fingerprint density at radius 1 is 1.19 bits per heavy atom. The Morgan fingerprint density at radius 2 is 1.90 bits per heavy atom. The highest BCUT2D eigenvalue weighted by atomic mass is 16.5. The molecular formula is C17H25N3O. The summed E-state index contributed by atoms with van der Waals surface area (Å²) in [5.74, 6) is 0. The van der Waals surface area contributed by atoms with E-state index in [1.807, 2.05) is 42.2 Å². The Bertz CT molecular complexity index is 550. The minimum absolute atomic E-state index is 0.473.